The molecule has 0 saturated heterocycles. The van der Waals surface area contributed by atoms with Crippen molar-refractivity contribution in [3.63, 3.8) is 0 Å². The first-order valence-corrected chi connectivity index (χ1v) is 9.93. The van der Waals surface area contributed by atoms with Gasteiger partial charge in [0, 0.05) is 47.8 Å². The molecule has 1 aliphatic heterocycles. The van der Waals surface area contributed by atoms with Crippen molar-refractivity contribution in [3.05, 3.63) is 63.1 Å². The molecule has 2 aromatic carbocycles. The van der Waals surface area contributed by atoms with E-state index in [1.54, 1.807) is 6.07 Å². The van der Waals surface area contributed by atoms with Crippen molar-refractivity contribution in [1.29, 1.82) is 0 Å². The zero-order chi connectivity index (χ0) is 20.4. The number of rotatable bonds is 5. The molecular weight excluding hydrogens is 397 g/mol. The summed E-state index contributed by atoms with van der Waals surface area (Å²) in [5.74, 6) is 0.0781. The Morgan fingerprint density at radius 1 is 1.21 bits per heavy atom. The first kappa shape index (κ1) is 20.9. The molecule has 150 valence electrons. The SMILES string of the molecule is CN(C)CCN(C(=O)O)c1cccc(C2CN(C)Cc3c(Cl)cc(Cl)cc32)c1. The highest BCUT2D eigenvalue weighted by Crippen LogP contribution is 2.39. The van der Waals surface area contributed by atoms with Crippen molar-refractivity contribution >= 4 is 35.0 Å². The molecule has 3 rings (SSSR count). The highest BCUT2D eigenvalue weighted by Gasteiger charge is 2.27. The van der Waals surface area contributed by atoms with E-state index < -0.39 is 6.09 Å². The summed E-state index contributed by atoms with van der Waals surface area (Å²) >= 11 is 12.7. The maximum atomic E-state index is 11.8. The number of anilines is 1. The molecule has 1 N–H and O–H groups in total. The zero-order valence-corrected chi connectivity index (χ0v) is 17.8. The lowest BCUT2D eigenvalue weighted by Gasteiger charge is -2.34. The Labute approximate surface area is 176 Å². The molecule has 0 aromatic heterocycles. The van der Waals surface area contributed by atoms with Crippen LogP contribution in [0.4, 0.5) is 10.5 Å². The molecule has 0 spiro atoms. The standard InChI is InChI=1S/C21H25Cl2N3O2/c1-24(2)7-8-26(21(27)28)16-6-4-5-14(9-16)18-12-25(3)13-19-17(18)10-15(22)11-20(19)23/h4-6,9-11,18H,7-8,12-13H2,1-3H3,(H,27,28). The molecule has 0 radical (unpaired) electrons. The monoisotopic (exact) mass is 421 g/mol. The Hall–Kier alpha value is -1.79. The number of carbonyl (C=O) groups is 1. The van der Waals surface area contributed by atoms with Crippen molar-refractivity contribution in [1.82, 2.24) is 9.80 Å². The van der Waals surface area contributed by atoms with Crippen LogP contribution in [0.25, 0.3) is 0 Å². The number of benzene rings is 2. The van der Waals surface area contributed by atoms with Crippen LogP contribution >= 0.6 is 23.2 Å². The third kappa shape index (κ3) is 4.61. The fourth-order valence-corrected chi connectivity index (χ4v) is 4.24. The Balaban J connectivity index is 1.99. The fourth-order valence-electron chi connectivity index (χ4n) is 3.68. The van der Waals surface area contributed by atoms with Gasteiger partial charge in [0.25, 0.3) is 0 Å². The average molecular weight is 422 g/mol. The van der Waals surface area contributed by atoms with Gasteiger partial charge in [-0.25, -0.2) is 4.79 Å². The van der Waals surface area contributed by atoms with Gasteiger partial charge in [-0.1, -0.05) is 35.3 Å². The molecule has 2 aromatic rings. The molecule has 5 nitrogen and oxygen atoms in total. The summed E-state index contributed by atoms with van der Waals surface area (Å²) in [6, 6.07) is 11.5. The summed E-state index contributed by atoms with van der Waals surface area (Å²) in [5, 5.41) is 11.0. The highest BCUT2D eigenvalue weighted by atomic mass is 35.5. The molecule has 0 bridgehead atoms. The van der Waals surface area contributed by atoms with E-state index in [-0.39, 0.29) is 5.92 Å². The van der Waals surface area contributed by atoms with Crippen LogP contribution in [-0.4, -0.2) is 61.8 Å². The second-order valence-corrected chi connectivity index (χ2v) is 8.38. The molecule has 0 aliphatic carbocycles. The molecule has 1 amide bonds. The van der Waals surface area contributed by atoms with Gasteiger partial charge in [0.05, 0.1) is 0 Å². The van der Waals surface area contributed by atoms with Gasteiger partial charge in [0.2, 0.25) is 0 Å². The van der Waals surface area contributed by atoms with E-state index in [2.05, 4.69) is 11.9 Å². The average Bonchev–Trinajstić information content (AvgIpc) is 2.62. The first-order chi connectivity index (χ1) is 13.3. The topological polar surface area (TPSA) is 47.0 Å². The second kappa shape index (κ2) is 8.70. The van der Waals surface area contributed by atoms with E-state index in [4.69, 9.17) is 23.2 Å². The third-order valence-electron chi connectivity index (χ3n) is 5.08. The van der Waals surface area contributed by atoms with Crippen molar-refractivity contribution in [2.75, 3.05) is 45.7 Å². The van der Waals surface area contributed by atoms with Gasteiger partial charge < -0.3 is 14.9 Å². The van der Waals surface area contributed by atoms with Crippen molar-refractivity contribution < 1.29 is 9.90 Å². The molecule has 7 heteroatoms. The predicted molar refractivity (Wildman–Crippen MR) is 115 cm³/mol. The fraction of sp³-hybridized carbons (Fsp3) is 0.381. The minimum Gasteiger partial charge on any atom is -0.465 e. The van der Waals surface area contributed by atoms with Gasteiger partial charge >= 0.3 is 6.09 Å². The number of fused-ring (bicyclic) bond motifs is 1. The van der Waals surface area contributed by atoms with Crippen LogP contribution in [0.3, 0.4) is 0 Å². The summed E-state index contributed by atoms with van der Waals surface area (Å²) in [4.78, 5) is 17.4. The van der Waals surface area contributed by atoms with Crippen LogP contribution < -0.4 is 4.90 Å². The minimum atomic E-state index is -0.953. The van der Waals surface area contributed by atoms with Gasteiger partial charge in [-0.3, -0.25) is 4.90 Å². The lowest BCUT2D eigenvalue weighted by Crippen LogP contribution is -2.36. The van der Waals surface area contributed by atoms with E-state index in [1.165, 1.54) is 4.90 Å². The van der Waals surface area contributed by atoms with Crippen molar-refractivity contribution in [2.45, 2.75) is 12.5 Å². The van der Waals surface area contributed by atoms with Gasteiger partial charge in [0.15, 0.2) is 0 Å². The van der Waals surface area contributed by atoms with Crippen LogP contribution in [0.1, 0.15) is 22.6 Å². The summed E-state index contributed by atoms with van der Waals surface area (Å²) in [6.45, 7) is 2.64. The molecular formula is C21H25Cl2N3O2. The first-order valence-electron chi connectivity index (χ1n) is 9.17. The van der Waals surface area contributed by atoms with Crippen LogP contribution in [0.2, 0.25) is 10.0 Å². The minimum absolute atomic E-state index is 0.0781. The third-order valence-corrected chi connectivity index (χ3v) is 5.63. The summed E-state index contributed by atoms with van der Waals surface area (Å²) < 4.78 is 0. The lowest BCUT2D eigenvalue weighted by atomic mass is 9.84. The number of nitrogens with zero attached hydrogens (tertiary/aromatic N) is 3. The largest absolute Gasteiger partial charge is 0.465 e. The number of carboxylic acid groups (broad SMARTS) is 1. The molecule has 28 heavy (non-hydrogen) atoms. The Kier molecular flexibility index (Phi) is 6.50. The maximum Gasteiger partial charge on any atom is 0.411 e. The van der Waals surface area contributed by atoms with E-state index in [9.17, 15) is 9.90 Å². The maximum absolute atomic E-state index is 11.8. The number of halogens is 2. The van der Waals surface area contributed by atoms with Crippen molar-refractivity contribution in [3.8, 4) is 0 Å². The van der Waals surface area contributed by atoms with E-state index in [0.29, 0.717) is 28.8 Å². The lowest BCUT2D eigenvalue weighted by molar-refractivity contribution is 0.201. The van der Waals surface area contributed by atoms with E-state index in [1.807, 2.05) is 49.3 Å². The second-order valence-electron chi connectivity index (χ2n) is 7.54. The van der Waals surface area contributed by atoms with E-state index in [0.717, 1.165) is 29.8 Å². The number of amides is 1. The zero-order valence-electron chi connectivity index (χ0n) is 16.3. The summed E-state index contributed by atoms with van der Waals surface area (Å²) in [5.41, 5.74) is 3.93. The van der Waals surface area contributed by atoms with Crippen molar-refractivity contribution in [2.24, 2.45) is 0 Å². The van der Waals surface area contributed by atoms with Crippen LogP contribution in [0.5, 0.6) is 0 Å². The normalized spacial score (nSPS) is 16.9. The molecule has 1 aliphatic rings. The molecule has 1 unspecified atom stereocenters. The summed E-state index contributed by atoms with van der Waals surface area (Å²) in [7, 11) is 5.92. The quantitative estimate of drug-likeness (QED) is 0.764. The van der Waals surface area contributed by atoms with E-state index >= 15 is 0 Å². The predicted octanol–water partition coefficient (Wildman–Crippen LogP) is 4.62. The number of hydrogen-bond donors (Lipinski definition) is 1. The van der Waals surface area contributed by atoms with Gasteiger partial charge in [-0.15, -0.1) is 0 Å². The Bertz CT molecular complexity index is 873. The Morgan fingerprint density at radius 3 is 2.64 bits per heavy atom. The van der Waals surface area contributed by atoms with Crippen LogP contribution in [-0.2, 0) is 6.54 Å². The highest BCUT2D eigenvalue weighted by molar-refractivity contribution is 6.35. The molecule has 1 atom stereocenters. The smallest absolute Gasteiger partial charge is 0.411 e. The Morgan fingerprint density at radius 2 is 1.96 bits per heavy atom. The number of hydrogen-bond acceptors (Lipinski definition) is 3. The van der Waals surface area contributed by atoms with Gasteiger partial charge in [0.1, 0.15) is 0 Å². The molecule has 0 fully saturated rings. The number of likely N-dealkylation sites (N-methyl/N-ethyl adjacent to an activating group) is 2. The van der Waals surface area contributed by atoms with Crippen LogP contribution in [0.15, 0.2) is 36.4 Å². The van der Waals surface area contributed by atoms with Crippen LogP contribution in [0, 0.1) is 0 Å². The van der Waals surface area contributed by atoms with Gasteiger partial charge in [-0.05, 0) is 62.1 Å². The molecule has 1 heterocycles. The molecule has 0 saturated carbocycles. The summed E-state index contributed by atoms with van der Waals surface area (Å²) in [6.07, 6.45) is -0.953. The van der Waals surface area contributed by atoms with Gasteiger partial charge in [-0.2, -0.15) is 0 Å².